The zero-order valence-electron chi connectivity index (χ0n) is 15.1. The third kappa shape index (κ3) is 4.92. The van der Waals surface area contributed by atoms with Gasteiger partial charge < -0.3 is 14.7 Å². The number of piperidine rings is 1. The molecule has 9 heteroatoms. The van der Waals surface area contributed by atoms with Gasteiger partial charge in [-0.05, 0) is 54.8 Å². The quantitative estimate of drug-likeness (QED) is 0.725. The third-order valence-corrected chi connectivity index (χ3v) is 5.32. The third-order valence-electron chi connectivity index (χ3n) is 4.42. The molecular formula is C19H20N2O6S. The fourth-order valence-corrected chi connectivity index (χ4v) is 3.81. The maximum Gasteiger partial charge on any atom is 0.341 e. The molecule has 0 atom stereocenters. The van der Waals surface area contributed by atoms with E-state index in [1.165, 1.54) is 0 Å². The molecule has 3 rings (SSSR count). The van der Waals surface area contributed by atoms with Crippen LogP contribution < -0.4 is 4.74 Å². The summed E-state index contributed by atoms with van der Waals surface area (Å²) in [5, 5.41) is 8.15. The van der Waals surface area contributed by atoms with Gasteiger partial charge in [0.15, 0.2) is 6.61 Å². The number of rotatable bonds is 6. The number of carbonyl (C=O) groups is 4. The van der Waals surface area contributed by atoms with Gasteiger partial charge in [-0.2, -0.15) is 0 Å². The molecule has 0 spiro atoms. The number of carboxylic acids is 1. The van der Waals surface area contributed by atoms with Crippen LogP contribution in [0.5, 0.6) is 5.75 Å². The number of ether oxygens (including phenoxy) is 1. The Hall–Kier alpha value is -2.81. The molecule has 8 nitrogen and oxygen atoms in total. The number of hydrogen-bond donors (Lipinski definition) is 1. The Labute approximate surface area is 166 Å². The molecular weight excluding hydrogens is 384 g/mol. The zero-order chi connectivity index (χ0) is 20.1. The zero-order valence-corrected chi connectivity index (χ0v) is 15.9. The van der Waals surface area contributed by atoms with Gasteiger partial charge in [0.2, 0.25) is 5.91 Å². The van der Waals surface area contributed by atoms with Crippen LogP contribution in [0.4, 0.5) is 4.79 Å². The van der Waals surface area contributed by atoms with Gasteiger partial charge in [-0.15, -0.1) is 0 Å². The van der Waals surface area contributed by atoms with Crippen molar-refractivity contribution in [3.63, 3.8) is 0 Å². The Kier molecular flexibility index (Phi) is 6.35. The second kappa shape index (κ2) is 8.92. The summed E-state index contributed by atoms with van der Waals surface area (Å²) in [7, 11) is 0. The van der Waals surface area contributed by atoms with E-state index >= 15 is 0 Å². The van der Waals surface area contributed by atoms with Crippen molar-refractivity contribution >= 4 is 40.9 Å². The molecule has 2 heterocycles. The Bertz CT molecular complexity index is 814. The predicted octanol–water partition coefficient (Wildman–Crippen LogP) is 2.20. The monoisotopic (exact) mass is 404 g/mol. The number of aliphatic carboxylic acids is 1. The first-order valence-electron chi connectivity index (χ1n) is 8.92. The van der Waals surface area contributed by atoms with Crippen molar-refractivity contribution in [3.05, 3.63) is 34.7 Å². The molecule has 0 aliphatic carbocycles. The lowest BCUT2D eigenvalue weighted by Crippen LogP contribution is -2.44. The molecule has 28 heavy (non-hydrogen) atoms. The first kappa shape index (κ1) is 19.9. The van der Waals surface area contributed by atoms with Crippen LogP contribution in [0.15, 0.2) is 29.2 Å². The summed E-state index contributed by atoms with van der Waals surface area (Å²) in [5.74, 6) is -1.37. The highest BCUT2D eigenvalue weighted by molar-refractivity contribution is 8.18. The fourth-order valence-electron chi connectivity index (χ4n) is 2.97. The van der Waals surface area contributed by atoms with Crippen LogP contribution >= 0.6 is 11.8 Å². The fraction of sp³-hybridized carbons (Fsp3) is 0.368. The van der Waals surface area contributed by atoms with Crippen LogP contribution in [0, 0.1) is 0 Å². The van der Waals surface area contributed by atoms with E-state index in [1.807, 2.05) is 0 Å². The number of carboxylic acid groups (broad SMARTS) is 1. The highest BCUT2D eigenvalue weighted by Gasteiger charge is 2.37. The minimum absolute atomic E-state index is 0.205. The predicted molar refractivity (Wildman–Crippen MR) is 103 cm³/mol. The van der Waals surface area contributed by atoms with Gasteiger partial charge in [-0.25, -0.2) is 4.79 Å². The average molecular weight is 404 g/mol. The normalized spacial score (nSPS) is 18.6. The van der Waals surface area contributed by atoms with Crippen LogP contribution in [-0.4, -0.2) is 64.2 Å². The molecule has 1 N–H and O–H groups in total. The highest BCUT2D eigenvalue weighted by Crippen LogP contribution is 2.32. The van der Waals surface area contributed by atoms with Crippen molar-refractivity contribution in [3.8, 4) is 5.75 Å². The van der Waals surface area contributed by atoms with Gasteiger partial charge in [0.25, 0.3) is 11.1 Å². The van der Waals surface area contributed by atoms with E-state index < -0.39 is 23.7 Å². The first-order valence-corrected chi connectivity index (χ1v) is 9.73. The van der Waals surface area contributed by atoms with Crippen LogP contribution in [0.2, 0.25) is 0 Å². The van der Waals surface area contributed by atoms with Gasteiger partial charge in [0.1, 0.15) is 12.3 Å². The van der Waals surface area contributed by atoms with E-state index in [9.17, 15) is 19.2 Å². The molecule has 2 saturated heterocycles. The molecule has 0 saturated carbocycles. The van der Waals surface area contributed by atoms with E-state index in [0.29, 0.717) is 24.4 Å². The summed E-state index contributed by atoms with van der Waals surface area (Å²) in [4.78, 5) is 50.5. The molecule has 2 fully saturated rings. The number of amides is 3. The van der Waals surface area contributed by atoms with Crippen molar-refractivity contribution in [2.24, 2.45) is 0 Å². The van der Waals surface area contributed by atoms with Crippen LogP contribution in [0.25, 0.3) is 6.08 Å². The van der Waals surface area contributed by atoms with Crippen molar-refractivity contribution in [1.29, 1.82) is 0 Å². The summed E-state index contributed by atoms with van der Waals surface area (Å²) in [6, 6.07) is 6.48. The van der Waals surface area contributed by atoms with Crippen molar-refractivity contribution in [2.75, 3.05) is 26.2 Å². The van der Waals surface area contributed by atoms with Crippen molar-refractivity contribution < 1.29 is 29.0 Å². The topological polar surface area (TPSA) is 104 Å². The molecule has 148 valence electrons. The number of carbonyl (C=O) groups excluding carboxylic acids is 3. The second-order valence-electron chi connectivity index (χ2n) is 6.46. The number of imide groups is 1. The minimum atomic E-state index is -1.07. The van der Waals surface area contributed by atoms with E-state index in [0.717, 1.165) is 35.9 Å². The second-order valence-corrected chi connectivity index (χ2v) is 7.45. The Morgan fingerprint density at radius 2 is 1.79 bits per heavy atom. The lowest BCUT2D eigenvalue weighted by Gasteiger charge is -2.27. The van der Waals surface area contributed by atoms with Gasteiger partial charge in [-0.1, -0.05) is 12.1 Å². The molecule has 2 aliphatic rings. The number of thioether (sulfide) groups is 1. The summed E-state index contributed by atoms with van der Waals surface area (Å²) in [6.45, 7) is 0.662. The maximum absolute atomic E-state index is 12.5. The van der Waals surface area contributed by atoms with Gasteiger partial charge in [0, 0.05) is 13.1 Å². The van der Waals surface area contributed by atoms with Gasteiger partial charge in [0.05, 0.1) is 4.91 Å². The molecule has 0 bridgehead atoms. The molecule has 0 aromatic heterocycles. The lowest BCUT2D eigenvalue weighted by molar-refractivity contribution is -0.139. The Morgan fingerprint density at radius 1 is 1.11 bits per heavy atom. The van der Waals surface area contributed by atoms with Crippen molar-refractivity contribution in [1.82, 2.24) is 9.80 Å². The Morgan fingerprint density at radius 3 is 2.43 bits per heavy atom. The summed E-state index contributed by atoms with van der Waals surface area (Å²) in [6.07, 6.45) is 4.55. The van der Waals surface area contributed by atoms with Gasteiger partial charge >= 0.3 is 5.97 Å². The summed E-state index contributed by atoms with van der Waals surface area (Å²) >= 11 is 0.802. The molecule has 0 unspecified atom stereocenters. The molecule has 1 aromatic rings. The number of likely N-dealkylation sites (tertiary alicyclic amines) is 1. The van der Waals surface area contributed by atoms with Crippen LogP contribution in [0.1, 0.15) is 24.8 Å². The smallest absolute Gasteiger partial charge is 0.341 e. The standard InChI is InChI=1S/C19H20N2O6S/c22-16(20-8-2-1-3-9-20)11-21-18(25)15(28-19(21)26)10-13-4-6-14(7-5-13)27-12-17(23)24/h4-7,10H,1-3,8-9,11-12H2,(H,23,24)/b15-10-. The van der Waals surface area contributed by atoms with Crippen LogP contribution in [0.3, 0.4) is 0 Å². The largest absolute Gasteiger partial charge is 0.482 e. The molecule has 3 amide bonds. The molecule has 0 radical (unpaired) electrons. The van der Waals surface area contributed by atoms with E-state index in [1.54, 1.807) is 35.2 Å². The summed E-state index contributed by atoms with van der Waals surface area (Å²) in [5.41, 5.74) is 0.663. The van der Waals surface area contributed by atoms with E-state index in [-0.39, 0.29) is 17.4 Å². The van der Waals surface area contributed by atoms with Crippen LogP contribution in [-0.2, 0) is 14.4 Å². The van der Waals surface area contributed by atoms with E-state index in [2.05, 4.69) is 0 Å². The Balaban J connectivity index is 1.63. The first-order chi connectivity index (χ1) is 13.4. The summed E-state index contributed by atoms with van der Waals surface area (Å²) < 4.78 is 5.05. The van der Waals surface area contributed by atoms with Crippen molar-refractivity contribution in [2.45, 2.75) is 19.3 Å². The van der Waals surface area contributed by atoms with Gasteiger partial charge in [-0.3, -0.25) is 19.3 Å². The molecule has 1 aromatic carbocycles. The maximum atomic E-state index is 12.5. The minimum Gasteiger partial charge on any atom is -0.482 e. The molecule has 2 aliphatic heterocycles. The lowest BCUT2D eigenvalue weighted by atomic mass is 10.1. The number of hydrogen-bond acceptors (Lipinski definition) is 6. The highest BCUT2D eigenvalue weighted by atomic mass is 32.2. The SMILES string of the molecule is O=C(O)COc1ccc(/C=C2\SC(=O)N(CC(=O)N3CCCCC3)C2=O)cc1. The number of nitrogens with zero attached hydrogens (tertiary/aromatic N) is 2. The average Bonchev–Trinajstić information content (AvgIpc) is 2.95. The van der Waals surface area contributed by atoms with E-state index in [4.69, 9.17) is 9.84 Å². The number of benzene rings is 1.